The van der Waals surface area contributed by atoms with Gasteiger partial charge in [-0.1, -0.05) is 0 Å². The van der Waals surface area contributed by atoms with Crippen LogP contribution in [-0.4, -0.2) is 23.1 Å². The molecule has 0 radical (unpaired) electrons. The summed E-state index contributed by atoms with van der Waals surface area (Å²) in [6.45, 7) is 0. The van der Waals surface area contributed by atoms with Crippen LogP contribution in [-0.2, 0) is 9.59 Å². The lowest BCUT2D eigenvalue weighted by atomic mass is 9.58. The second-order valence-corrected chi connectivity index (χ2v) is 8.37. The van der Waals surface area contributed by atoms with Crippen LogP contribution in [0.1, 0.15) is 32.1 Å². The van der Waals surface area contributed by atoms with Crippen molar-refractivity contribution >= 4 is 36.8 Å². The fourth-order valence-electron chi connectivity index (χ4n) is 6.68. The summed E-state index contributed by atoms with van der Waals surface area (Å²) in [5, 5.41) is 0.373. The van der Waals surface area contributed by atoms with E-state index < -0.39 is 0 Å². The predicted molar refractivity (Wildman–Crippen MR) is 88.7 cm³/mol. The number of rotatable bonds is 0. The number of ketones is 2. The molecule has 21 heavy (non-hydrogen) atoms. The van der Waals surface area contributed by atoms with Gasteiger partial charge in [-0.2, -0.15) is 25.3 Å². The van der Waals surface area contributed by atoms with Gasteiger partial charge in [0.1, 0.15) is 11.6 Å². The summed E-state index contributed by atoms with van der Waals surface area (Å²) in [5.41, 5.74) is 0. The summed E-state index contributed by atoms with van der Waals surface area (Å²) in [7, 11) is 0. The lowest BCUT2D eigenvalue weighted by Crippen LogP contribution is -2.52. The molecule has 0 aromatic rings. The molecular formula is C17H24O2S2. The van der Waals surface area contributed by atoms with Crippen molar-refractivity contribution in [3.63, 3.8) is 0 Å². The van der Waals surface area contributed by atoms with Crippen LogP contribution < -0.4 is 0 Å². The Bertz CT molecular complexity index is 491. The summed E-state index contributed by atoms with van der Waals surface area (Å²) in [6.07, 6.45) is 7.41. The van der Waals surface area contributed by atoms with Gasteiger partial charge in [0.25, 0.3) is 0 Å². The average molecular weight is 325 g/mol. The highest BCUT2D eigenvalue weighted by molar-refractivity contribution is 7.81. The molecule has 5 aliphatic carbocycles. The average Bonchev–Trinajstić information content (AvgIpc) is 3.23. The van der Waals surface area contributed by atoms with Crippen molar-refractivity contribution in [2.45, 2.75) is 37.4 Å². The lowest BCUT2D eigenvalue weighted by molar-refractivity contribution is -0.151. The topological polar surface area (TPSA) is 34.1 Å². The molecule has 5 rings (SSSR count). The van der Waals surface area contributed by atoms with E-state index in [1.807, 2.05) is 0 Å². The Morgan fingerprint density at radius 2 is 1.29 bits per heavy atom. The van der Waals surface area contributed by atoms with E-state index in [1.165, 1.54) is 12.8 Å². The molecule has 0 N–H and O–H groups in total. The first-order chi connectivity index (χ1) is 10.2. The SMILES string of the molecule is CS.O=C1C2C3CCC(C3)C2C(=O)C2C3CC(CC3S)C12. The van der Waals surface area contributed by atoms with Crippen molar-refractivity contribution in [3.8, 4) is 0 Å². The molecule has 9 atom stereocenters. The fraction of sp³-hybridized carbons (Fsp3) is 0.882. The van der Waals surface area contributed by atoms with Gasteiger partial charge in [0.15, 0.2) is 0 Å². The molecule has 0 aromatic heterocycles. The van der Waals surface area contributed by atoms with Crippen LogP contribution in [0.5, 0.6) is 0 Å². The van der Waals surface area contributed by atoms with Gasteiger partial charge in [-0.05, 0) is 62.0 Å². The van der Waals surface area contributed by atoms with Crippen LogP contribution in [0.25, 0.3) is 0 Å². The van der Waals surface area contributed by atoms with Crippen LogP contribution in [0.4, 0.5) is 0 Å². The zero-order valence-electron chi connectivity index (χ0n) is 12.4. The third kappa shape index (κ3) is 1.75. The largest absolute Gasteiger partial charge is 0.299 e. The van der Waals surface area contributed by atoms with Crippen molar-refractivity contribution in [2.24, 2.45) is 47.3 Å². The summed E-state index contributed by atoms with van der Waals surface area (Å²) >= 11 is 8.20. The number of carbonyl (C=O) groups is 2. The Kier molecular flexibility index (Phi) is 3.50. The van der Waals surface area contributed by atoms with E-state index in [9.17, 15) is 9.59 Å². The molecule has 0 aromatic carbocycles. The van der Waals surface area contributed by atoms with E-state index in [0.717, 1.165) is 19.3 Å². The molecule has 9 unspecified atom stereocenters. The second-order valence-electron chi connectivity index (χ2n) is 7.70. The maximum atomic E-state index is 13.0. The molecular weight excluding hydrogens is 300 g/mol. The van der Waals surface area contributed by atoms with Crippen LogP contribution >= 0.6 is 25.3 Å². The number of hydrogen-bond donors (Lipinski definition) is 2. The van der Waals surface area contributed by atoms with Gasteiger partial charge < -0.3 is 0 Å². The second kappa shape index (κ2) is 5.02. The first-order valence-corrected chi connectivity index (χ1v) is 9.78. The molecule has 4 heteroatoms. The molecule has 4 bridgehead atoms. The minimum atomic E-state index is 0.0642. The smallest absolute Gasteiger partial charge is 0.141 e. The highest BCUT2D eigenvalue weighted by atomic mass is 32.1. The van der Waals surface area contributed by atoms with Crippen molar-refractivity contribution in [3.05, 3.63) is 0 Å². The molecule has 0 heterocycles. The molecule has 0 amide bonds. The number of thiol groups is 2. The van der Waals surface area contributed by atoms with Crippen molar-refractivity contribution < 1.29 is 9.59 Å². The Morgan fingerprint density at radius 1 is 0.762 bits per heavy atom. The van der Waals surface area contributed by atoms with E-state index in [-0.39, 0.29) is 23.7 Å². The van der Waals surface area contributed by atoms with E-state index in [2.05, 4.69) is 25.3 Å². The van der Waals surface area contributed by atoms with Gasteiger partial charge in [0.05, 0.1) is 0 Å². The normalized spacial score (nSPS) is 56.0. The van der Waals surface area contributed by atoms with Crippen LogP contribution in [0.3, 0.4) is 0 Å². The minimum absolute atomic E-state index is 0.0642. The quantitative estimate of drug-likeness (QED) is 0.672. The van der Waals surface area contributed by atoms with Gasteiger partial charge in [-0.3, -0.25) is 9.59 Å². The summed E-state index contributed by atoms with van der Waals surface area (Å²) in [6, 6.07) is 0. The Hall–Kier alpha value is 0.0400. The van der Waals surface area contributed by atoms with Gasteiger partial charge in [-0.15, -0.1) is 0 Å². The Morgan fingerprint density at radius 3 is 1.90 bits per heavy atom. The minimum Gasteiger partial charge on any atom is -0.299 e. The summed E-state index contributed by atoms with van der Waals surface area (Å²) in [5.74, 6) is 3.38. The molecule has 116 valence electrons. The fourth-order valence-corrected chi connectivity index (χ4v) is 7.26. The maximum absolute atomic E-state index is 13.0. The monoisotopic (exact) mass is 324 g/mol. The summed E-state index contributed by atoms with van der Waals surface area (Å²) < 4.78 is 0. The lowest BCUT2D eigenvalue weighted by Gasteiger charge is -2.44. The van der Waals surface area contributed by atoms with Gasteiger partial charge in [0, 0.05) is 28.9 Å². The highest BCUT2D eigenvalue weighted by Crippen LogP contribution is 2.64. The number of Topliss-reactive ketones (excluding diaryl/α,β-unsaturated/α-hetero) is 2. The van der Waals surface area contributed by atoms with E-state index >= 15 is 0 Å². The van der Waals surface area contributed by atoms with E-state index in [1.54, 1.807) is 6.26 Å². The molecule has 5 aliphatic rings. The molecule has 5 fully saturated rings. The van der Waals surface area contributed by atoms with Gasteiger partial charge in [0.2, 0.25) is 0 Å². The Balaban J connectivity index is 0.000000555. The van der Waals surface area contributed by atoms with Crippen molar-refractivity contribution in [1.82, 2.24) is 0 Å². The van der Waals surface area contributed by atoms with Crippen molar-refractivity contribution in [2.75, 3.05) is 6.26 Å². The molecule has 0 aliphatic heterocycles. The third-order valence-electron chi connectivity index (χ3n) is 7.20. The zero-order valence-corrected chi connectivity index (χ0v) is 14.2. The summed E-state index contributed by atoms with van der Waals surface area (Å²) in [4.78, 5) is 25.9. The first-order valence-electron chi connectivity index (χ1n) is 8.37. The molecule has 5 saturated carbocycles. The van der Waals surface area contributed by atoms with Gasteiger partial charge in [-0.25, -0.2) is 0 Å². The van der Waals surface area contributed by atoms with Crippen LogP contribution in [0, 0.1) is 47.3 Å². The van der Waals surface area contributed by atoms with Gasteiger partial charge >= 0.3 is 0 Å². The molecule has 2 nitrogen and oxygen atoms in total. The number of carbonyl (C=O) groups excluding carboxylic acids is 2. The number of fused-ring (bicyclic) bond motifs is 10. The molecule has 0 saturated heterocycles. The zero-order chi connectivity index (χ0) is 14.9. The Labute approximate surface area is 137 Å². The standard InChI is InChI=1S/C16H20O2S.CH4S/c17-15-11-6-1-2-7(3-6)12(11)16(18)14-9-4-8(13(14)15)5-10(9)19;1-2/h6-14,19H,1-5H2;2H,1H3. The predicted octanol–water partition coefficient (Wildman–Crippen LogP) is 2.92. The molecule has 0 spiro atoms. The van der Waals surface area contributed by atoms with Crippen LogP contribution in [0.2, 0.25) is 0 Å². The highest BCUT2D eigenvalue weighted by Gasteiger charge is 2.66. The van der Waals surface area contributed by atoms with Crippen LogP contribution in [0.15, 0.2) is 0 Å². The van der Waals surface area contributed by atoms with Crippen molar-refractivity contribution in [1.29, 1.82) is 0 Å². The number of hydrogen-bond acceptors (Lipinski definition) is 4. The third-order valence-corrected chi connectivity index (χ3v) is 7.79. The first kappa shape index (κ1) is 14.6. The maximum Gasteiger partial charge on any atom is 0.141 e. The van der Waals surface area contributed by atoms with E-state index in [4.69, 9.17) is 0 Å². The van der Waals surface area contributed by atoms with E-state index in [0.29, 0.717) is 40.5 Å².